The van der Waals surface area contributed by atoms with Crippen molar-refractivity contribution in [3.05, 3.63) is 41.2 Å². The van der Waals surface area contributed by atoms with E-state index in [0.29, 0.717) is 48.3 Å². The zero-order valence-corrected chi connectivity index (χ0v) is 18.8. The van der Waals surface area contributed by atoms with Crippen LogP contribution in [0.3, 0.4) is 0 Å². The van der Waals surface area contributed by atoms with E-state index in [1.165, 1.54) is 22.9 Å². The van der Waals surface area contributed by atoms with Gasteiger partial charge in [0.1, 0.15) is 5.75 Å². The van der Waals surface area contributed by atoms with E-state index in [9.17, 15) is 23.1 Å². The minimum atomic E-state index is -4.78. The van der Waals surface area contributed by atoms with Crippen molar-refractivity contribution in [2.75, 3.05) is 26.2 Å². The molecular formula is C23H29F3N4O3. The molecule has 0 saturated carbocycles. The van der Waals surface area contributed by atoms with Gasteiger partial charge in [0, 0.05) is 31.7 Å². The molecule has 1 N–H and O–H groups in total. The molecular weight excluding hydrogens is 437 g/mol. The number of aliphatic hydroxyl groups excluding tert-OH is 1. The Morgan fingerprint density at radius 2 is 1.88 bits per heavy atom. The second-order valence-corrected chi connectivity index (χ2v) is 8.82. The largest absolute Gasteiger partial charge is 0.573 e. The van der Waals surface area contributed by atoms with Gasteiger partial charge < -0.3 is 14.7 Å². The fraction of sp³-hybridized carbons (Fsp3) is 0.565. The Kier molecular flexibility index (Phi) is 6.67. The Labute approximate surface area is 190 Å². The molecule has 33 heavy (non-hydrogen) atoms. The topological polar surface area (TPSA) is 70.8 Å². The number of ether oxygens (including phenoxy) is 1. The van der Waals surface area contributed by atoms with Crippen LogP contribution >= 0.6 is 0 Å². The van der Waals surface area contributed by atoms with Crippen LogP contribution in [0.4, 0.5) is 13.2 Å². The fourth-order valence-electron chi connectivity index (χ4n) is 4.92. The zero-order valence-electron chi connectivity index (χ0n) is 18.8. The van der Waals surface area contributed by atoms with Crippen molar-refractivity contribution >= 4 is 5.91 Å². The molecule has 1 aromatic heterocycles. The molecule has 2 aliphatic heterocycles. The number of benzene rings is 1. The van der Waals surface area contributed by atoms with Gasteiger partial charge in [0.2, 0.25) is 0 Å². The number of hydrogen-bond donors (Lipinski definition) is 1. The molecule has 1 unspecified atom stereocenters. The van der Waals surface area contributed by atoms with Gasteiger partial charge in [-0.3, -0.25) is 9.69 Å². The molecule has 0 aliphatic carbocycles. The van der Waals surface area contributed by atoms with Gasteiger partial charge in [-0.15, -0.1) is 13.2 Å². The molecule has 2 aliphatic rings. The van der Waals surface area contributed by atoms with Gasteiger partial charge >= 0.3 is 6.36 Å². The first kappa shape index (κ1) is 23.6. The Hall–Kier alpha value is -2.59. The third kappa shape index (κ3) is 5.33. The third-order valence-corrected chi connectivity index (χ3v) is 6.50. The molecule has 2 aromatic rings. The highest BCUT2D eigenvalue weighted by Gasteiger charge is 2.33. The fourth-order valence-corrected chi connectivity index (χ4v) is 4.92. The number of hydrogen-bond acceptors (Lipinski definition) is 5. The smallest absolute Gasteiger partial charge is 0.406 e. The Morgan fingerprint density at radius 3 is 2.55 bits per heavy atom. The van der Waals surface area contributed by atoms with Crippen LogP contribution in [0.5, 0.6) is 5.75 Å². The summed E-state index contributed by atoms with van der Waals surface area (Å²) in [6.45, 7) is 6.39. The number of carbonyl (C=O) groups is 1. The Morgan fingerprint density at radius 1 is 1.15 bits per heavy atom. The van der Waals surface area contributed by atoms with Crippen molar-refractivity contribution in [3.8, 4) is 11.4 Å². The standard InChI is InChI=1S/C23H29F3N4O3/c1-15-21(16(2)30(27-15)18-5-3-7-20(13-18)33-23(24,25)26)22(32)28-11-8-17(9-12-28)29-10-4-6-19(31)14-29/h3,5,7,13,17,19,31H,4,6,8-12,14H2,1-2H3. The lowest BCUT2D eigenvalue weighted by Gasteiger charge is -2.41. The van der Waals surface area contributed by atoms with Crippen LogP contribution in [0.1, 0.15) is 47.4 Å². The molecule has 0 bridgehead atoms. The first-order valence-corrected chi connectivity index (χ1v) is 11.3. The van der Waals surface area contributed by atoms with Gasteiger partial charge in [-0.25, -0.2) is 4.68 Å². The predicted octanol–water partition coefficient (Wildman–Crippen LogP) is 3.45. The summed E-state index contributed by atoms with van der Waals surface area (Å²) in [6.07, 6.45) is -1.51. The number of likely N-dealkylation sites (tertiary alicyclic amines) is 2. The minimum Gasteiger partial charge on any atom is -0.406 e. The number of nitrogens with zero attached hydrogens (tertiary/aromatic N) is 4. The molecule has 0 radical (unpaired) electrons. The third-order valence-electron chi connectivity index (χ3n) is 6.50. The lowest BCUT2D eigenvalue weighted by Crippen LogP contribution is -2.50. The van der Waals surface area contributed by atoms with Crippen LogP contribution in [0, 0.1) is 13.8 Å². The van der Waals surface area contributed by atoms with Gasteiger partial charge in [0.15, 0.2) is 0 Å². The summed E-state index contributed by atoms with van der Waals surface area (Å²) in [5.74, 6) is -0.457. The summed E-state index contributed by atoms with van der Waals surface area (Å²) in [6, 6.07) is 5.91. The summed E-state index contributed by atoms with van der Waals surface area (Å²) in [4.78, 5) is 17.5. The molecule has 10 heteroatoms. The monoisotopic (exact) mass is 466 g/mol. The summed E-state index contributed by atoms with van der Waals surface area (Å²) in [5, 5.41) is 14.4. The quantitative estimate of drug-likeness (QED) is 0.748. The number of aliphatic hydroxyl groups is 1. The highest BCUT2D eigenvalue weighted by atomic mass is 19.4. The van der Waals surface area contributed by atoms with Gasteiger partial charge in [-0.1, -0.05) is 6.07 Å². The lowest BCUT2D eigenvalue weighted by atomic mass is 9.98. The van der Waals surface area contributed by atoms with E-state index in [4.69, 9.17) is 0 Å². The Balaban J connectivity index is 1.47. The van der Waals surface area contributed by atoms with Crippen LogP contribution in [0.15, 0.2) is 24.3 Å². The van der Waals surface area contributed by atoms with E-state index in [0.717, 1.165) is 32.2 Å². The molecule has 1 amide bonds. The van der Waals surface area contributed by atoms with Gasteiger partial charge in [0.05, 0.1) is 28.7 Å². The zero-order chi connectivity index (χ0) is 23.8. The van der Waals surface area contributed by atoms with Crippen LogP contribution in [-0.4, -0.2) is 75.3 Å². The molecule has 3 heterocycles. The van der Waals surface area contributed by atoms with Gasteiger partial charge in [-0.05, 0) is 58.2 Å². The molecule has 0 spiro atoms. The highest BCUT2D eigenvalue weighted by Crippen LogP contribution is 2.28. The first-order chi connectivity index (χ1) is 15.6. The number of carbonyl (C=O) groups excluding carboxylic acids is 1. The van der Waals surface area contributed by atoms with Crippen LogP contribution in [-0.2, 0) is 0 Å². The number of amides is 1. The van der Waals surface area contributed by atoms with Crippen molar-refractivity contribution in [1.82, 2.24) is 19.6 Å². The number of rotatable bonds is 4. The van der Waals surface area contributed by atoms with Gasteiger partial charge in [-0.2, -0.15) is 5.10 Å². The first-order valence-electron chi connectivity index (χ1n) is 11.3. The maximum atomic E-state index is 13.3. The van der Waals surface area contributed by atoms with Gasteiger partial charge in [0.25, 0.3) is 5.91 Å². The molecule has 1 aromatic carbocycles. The molecule has 2 fully saturated rings. The molecule has 4 rings (SSSR count). The SMILES string of the molecule is Cc1nn(-c2cccc(OC(F)(F)F)c2)c(C)c1C(=O)N1CCC(N2CCCC(O)C2)CC1. The van der Waals surface area contributed by atoms with E-state index >= 15 is 0 Å². The number of aromatic nitrogens is 2. The van der Waals surface area contributed by atoms with Crippen molar-refractivity contribution < 1.29 is 27.8 Å². The second-order valence-electron chi connectivity index (χ2n) is 8.82. The van der Waals surface area contributed by atoms with E-state index in [-0.39, 0.29) is 17.8 Å². The maximum Gasteiger partial charge on any atom is 0.573 e. The maximum absolute atomic E-state index is 13.3. The second kappa shape index (κ2) is 9.34. The average molecular weight is 467 g/mol. The summed E-state index contributed by atoms with van der Waals surface area (Å²) < 4.78 is 43.3. The van der Waals surface area contributed by atoms with Crippen molar-refractivity contribution in [1.29, 1.82) is 0 Å². The summed E-state index contributed by atoms with van der Waals surface area (Å²) >= 11 is 0. The van der Waals surface area contributed by atoms with Crippen molar-refractivity contribution in [2.45, 2.75) is 58.0 Å². The average Bonchev–Trinajstić information content (AvgIpc) is 3.06. The minimum absolute atomic E-state index is 0.115. The van der Waals surface area contributed by atoms with Crippen LogP contribution in [0.2, 0.25) is 0 Å². The molecule has 1 atom stereocenters. The van der Waals surface area contributed by atoms with Crippen LogP contribution < -0.4 is 4.74 Å². The number of aryl methyl sites for hydroxylation is 1. The Bertz CT molecular complexity index is 999. The number of β-amino-alcohol motifs (C(OH)–C–C–N with tert-alkyl or cyclic N) is 1. The molecule has 180 valence electrons. The predicted molar refractivity (Wildman–Crippen MR) is 115 cm³/mol. The number of piperidine rings is 2. The highest BCUT2D eigenvalue weighted by molar-refractivity contribution is 5.96. The summed E-state index contributed by atoms with van der Waals surface area (Å²) in [5.41, 5.74) is 1.96. The normalized spacial score (nSPS) is 20.8. The van der Waals surface area contributed by atoms with E-state index in [1.54, 1.807) is 19.9 Å². The van der Waals surface area contributed by atoms with E-state index in [1.807, 2.05) is 4.90 Å². The van der Waals surface area contributed by atoms with E-state index in [2.05, 4.69) is 14.7 Å². The molecule has 2 saturated heterocycles. The van der Waals surface area contributed by atoms with Crippen molar-refractivity contribution in [2.24, 2.45) is 0 Å². The van der Waals surface area contributed by atoms with Crippen molar-refractivity contribution in [3.63, 3.8) is 0 Å². The lowest BCUT2D eigenvalue weighted by molar-refractivity contribution is -0.274. The summed E-state index contributed by atoms with van der Waals surface area (Å²) in [7, 11) is 0. The molecule has 7 nitrogen and oxygen atoms in total. The number of alkyl halides is 3. The van der Waals surface area contributed by atoms with E-state index < -0.39 is 6.36 Å². The van der Waals surface area contributed by atoms with Crippen LogP contribution in [0.25, 0.3) is 5.69 Å². The number of halogens is 3.